The highest BCUT2D eigenvalue weighted by Crippen LogP contribution is 2.48. The first-order valence-corrected chi connectivity index (χ1v) is 7.00. The molecule has 0 amide bonds. The van der Waals surface area contributed by atoms with Gasteiger partial charge < -0.3 is 4.74 Å². The SMILES string of the molecule is O=Cc1ccc(C2(COCc3ccccc3)CC2)cc1. The van der Waals surface area contributed by atoms with Crippen molar-refractivity contribution in [1.82, 2.24) is 0 Å². The first-order valence-electron chi connectivity index (χ1n) is 7.00. The summed E-state index contributed by atoms with van der Waals surface area (Å²) in [5.41, 5.74) is 3.40. The third-order valence-electron chi connectivity index (χ3n) is 4.00. The molecule has 0 unspecified atom stereocenters. The fourth-order valence-electron chi connectivity index (χ4n) is 2.52. The first-order chi connectivity index (χ1) is 9.82. The number of hydrogen-bond donors (Lipinski definition) is 0. The molecule has 0 spiro atoms. The predicted octanol–water partition coefficient (Wildman–Crippen LogP) is 3.75. The molecule has 1 fully saturated rings. The number of carbonyl (C=O) groups excluding carboxylic acids is 1. The number of carbonyl (C=O) groups is 1. The van der Waals surface area contributed by atoms with Gasteiger partial charge in [-0.2, -0.15) is 0 Å². The summed E-state index contributed by atoms with van der Waals surface area (Å²) < 4.78 is 5.89. The highest BCUT2D eigenvalue weighted by Gasteiger charge is 2.44. The Morgan fingerprint density at radius 1 is 1.00 bits per heavy atom. The van der Waals surface area contributed by atoms with Gasteiger partial charge in [-0.1, -0.05) is 54.6 Å². The van der Waals surface area contributed by atoms with Crippen molar-refractivity contribution < 1.29 is 9.53 Å². The second-order valence-electron chi connectivity index (χ2n) is 5.50. The van der Waals surface area contributed by atoms with Crippen LogP contribution in [0.1, 0.15) is 34.3 Å². The molecule has 2 nitrogen and oxygen atoms in total. The van der Waals surface area contributed by atoms with Gasteiger partial charge in [0.25, 0.3) is 0 Å². The highest BCUT2D eigenvalue weighted by molar-refractivity contribution is 5.74. The molecule has 0 aromatic heterocycles. The van der Waals surface area contributed by atoms with Gasteiger partial charge >= 0.3 is 0 Å². The lowest BCUT2D eigenvalue weighted by Gasteiger charge is -2.16. The summed E-state index contributed by atoms with van der Waals surface area (Å²) in [7, 11) is 0. The van der Waals surface area contributed by atoms with E-state index in [2.05, 4.69) is 24.3 Å². The number of benzene rings is 2. The van der Waals surface area contributed by atoms with Crippen molar-refractivity contribution in [3.05, 3.63) is 71.3 Å². The van der Waals surface area contributed by atoms with E-state index in [1.165, 1.54) is 24.0 Å². The van der Waals surface area contributed by atoms with Crippen molar-refractivity contribution in [2.75, 3.05) is 6.61 Å². The first kappa shape index (κ1) is 13.1. The zero-order valence-electron chi connectivity index (χ0n) is 11.4. The minimum atomic E-state index is 0.177. The van der Waals surface area contributed by atoms with Gasteiger partial charge in [0, 0.05) is 11.0 Å². The maximum atomic E-state index is 10.7. The lowest BCUT2D eigenvalue weighted by Crippen LogP contribution is -2.15. The molecule has 102 valence electrons. The molecular weight excluding hydrogens is 248 g/mol. The van der Waals surface area contributed by atoms with Crippen molar-refractivity contribution in [3.8, 4) is 0 Å². The van der Waals surface area contributed by atoms with Gasteiger partial charge in [0.1, 0.15) is 6.29 Å². The minimum absolute atomic E-state index is 0.177. The van der Waals surface area contributed by atoms with Crippen LogP contribution < -0.4 is 0 Å². The largest absolute Gasteiger partial charge is 0.376 e. The quantitative estimate of drug-likeness (QED) is 0.744. The molecule has 0 atom stereocenters. The molecule has 0 heterocycles. The second-order valence-corrected chi connectivity index (χ2v) is 5.50. The van der Waals surface area contributed by atoms with E-state index in [0.717, 1.165) is 18.5 Å². The van der Waals surface area contributed by atoms with Crippen LogP contribution in [0.4, 0.5) is 0 Å². The summed E-state index contributed by atoms with van der Waals surface area (Å²) in [6, 6.07) is 18.1. The molecule has 20 heavy (non-hydrogen) atoms. The molecule has 0 aliphatic heterocycles. The van der Waals surface area contributed by atoms with Gasteiger partial charge in [-0.15, -0.1) is 0 Å². The topological polar surface area (TPSA) is 26.3 Å². The molecule has 1 aliphatic carbocycles. The van der Waals surface area contributed by atoms with E-state index in [1.807, 2.05) is 30.3 Å². The van der Waals surface area contributed by atoms with Crippen LogP contribution in [0.15, 0.2) is 54.6 Å². The van der Waals surface area contributed by atoms with Crippen LogP contribution in [-0.2, 0) is 16.8 Å². The van der Waals surface area contributed by atoms with Gasteiger partial charge in [-0.05, 0) is 24.0 Å². The lowest BCUT2D eigenvalue weighted by atomic mass is 9.96. The molecular formula is C18H18O2. The molecule has 2 heteroatoms. The van der Waals surface area contributed by atoms with Gasteiger partial charge in [0.15, 0.2) is 0 Å². The van der Waals surface area contributed by atoms with Gasteiger partial charge in [0.2, 0.25) is 0 Å². The molecule has 0 radical (unpaired) electrons. The summed E-state index contributed by atoms with van der Waals surface area (Å²) in [5, 5.41) is 0. The molecule has 3 rings (SSSR count). The molecule has 0 saturated heterocycles. The Morgan fingerprint density at radius 3 is 2.30 bits per heavy atom. The maximum absolute atomic E-state index is 10.7. The number of ether oxygens (including phenoxy) is 1. The van der Waals surface area contributed by atoms with Crippen LogP contribution in [-0.4, -0.2) is 12.9 Å². The van der Waals surface area contributed by atoms with Crippen LogP contribution in [0, 0.1) is 0 Å². The summed E-state index contributed by atoms with van der Waals surface area (Å²) >= 11 is 0. The highest BCUT2D eigenvalue weighted by atomic mass is 16.5. The average Bonchev–Trinajstić information content (AvgIpc) is 3.30. The van der Waals surface area contributed by atoms with E-state index in [9.17, 15) is 4.79 Å². The Kier molecular flexibility index (Phi) is 3.66. The van der Waals surface area contributed by atoms with Gasteiger partial charge in [0.05, 0.1) is 13.2 Å². The van der Waals surface area contributed by atoms with Crippen molar-refractivity contribution in [2.45, 2.75) is 24.9 Å². The summed E-state index contributed by atoms with van der Waals surface area (Å²) in [5.74, 6) is 0. The fraction of sp³-hybridized carbons (Fsp3) is 0.278. The minimum Gasteiger partial charge on any atom is -0.376 e. The maximum Gasteiger partial charge on any atom is 0.150 e. The zero-order valence-corrected chi connectivity index (χ0v) is 11.4. The Balaban J connectivity index is 1.60. The van der Waals surface area contributed by atoms with Crippen LogP contribution >= 0.6 is 0 Å². The number of hydrogen-bond acceptors (Lipinski definition) is 2. The van der Waals surface area contributed by atoms with Crippen molar-refractivity contribution in [1.29, 1.82) is 0 Å². The Bertz CT molecular complexity index is 568. The second kappa shape index (κ2) is 5.59. The van der Waals surface area contributed by atoms with Crippen LogP contribution in [0.3, 0.4) is 0 Å². The lowest BCUT2D eigenvalue weighted by molar-refractivity contribution is 0.100. The Labute approximate surface area is 119 Å². The van der Waals surface area contributed by atoms with Crippen LogP contribution in [0.5, 0.6) is 0 Å². The Hall–Kier alpha value is -1.93. The molecule has 0 bridgehead atoms. The fourth-order valence-corrected chi connectivity index (χ4v) is 2.52. The van der Waals surface area contributed by atoms with E-state index >= 15 is 0 Å². The van der Waals surface area contributed by atoms with Crippen LogP contribution in [0.25, 0.3) is 0 Å². The van der Waals surface area contributed by atoms with Gasteiger partial charge in [-0.25, -0.2) is 0 Å². The predicted molar refractivity (Wildman–Crippen MR) is 78.8 cm³/mol. The van der Waals surface area contributed by atoms with E-state index < -0.39 is 0 Å². The standard InChI is InChI=1S/C18H18O2/c19-12-15-6-8-17(9-7-15)18(10-11-18)14-20-13-16-4-2-1-3-5-16/h1-9,12H,10-11,13-14H2. The van der Waals surface area contributed by atoms with Crippen molar-refractivity contribution in [2.24, 2.45) is 0 Å². The van der Waals surface area contributed by atoms with Crippen molar-refractivity contribution >= 4 is 6.29 Å². The third kappa shape index (κ3) is 2.81. The smallest absolute Gasteiger partial charge is 0.150 e. The third-order valence-corrected chi connectivity index (χ3v) is 4.00. The summed E-state index contributed by atoms with van der Waals surface area (Å²) in [6.45, 7) is 1.41. The van der Waals surface area contributed by atoms with Gasteiger partial charge in [-0.3, -0.25) is 4.79 Å². The molecule has 1 aliphatic rings. The van der Waals surface area contributed by atoms with E-state index in [0.29, 0.717) is 6.61 Å². The molecule has 2 aromatic carbocycles. The van der Waals surface area contributed by atoms with E-state index in [4.69, 9.17) is 4.74 Å². The van der Waals surface area contributed by atoms with E-state index in [1.54, 1.807) is 0 Å². The summed E-state index contributed by atoms with van der Waals surface area (Å²) in [6.07, 6.45) is 3.22. The molecule has 0 N–H and O–H groups in total. The molecule has 1 saturated carbocycles. The van der Waals surface area contributed by atoms with E-state index in [-0.39, 0.29) is 5.41 Å². The number of rotatable bonds is 6. The number of aldehydes is 1. The average molecular weight is 266 g/mol. The monoisotopic (exact) mass is 266 g/mol. The zero-order chi connectivity index (χ0) is 13.8. The normalized spacial score (nSPS) is 15.8. The van der Waals surface area contributed by atoms with Crippen LogP contribution in [0.2, 0.25) is 0 Å². The molecule has 2 aromatic rings. The summed E-state index contributed by atoms with van der Waals surface area (Å²) in [4.78, 5) is 10.7. The Morgan fingerprint density at radius 2 is 1.70 bits per heavy atom. The van der Waals surface area contributed by atoms with Crippen molar-refractivity contribution in [3.63, 3.8) is 0 Å².